The van der Waals surface area contributed by atoms with Crippen molar-refractivity contribution >= 4 is 19.7 Å². The molecule has 0 saturated heterocycles. The van der Waals surface area contributed by atoms with Crippen molar-refractivity contribution < 1.29 is 13.2 Å². The maximum atomic E-state index is 12.5. The van der Waals surface area contributed by atoms with E-state index in [1.807, 2.05) is 19.6 Å². The largest absolute Gasteiger partial charge is 0.419 e. The number of pyridine rings is 1. The minimum absolute atomic E-state index is 0.240. The minimum atomic E-state index is -4.50. The molecule has 1 aromatic rings. The highest BCUT2D eigenvalue weighted by atomic mass is 35.5. The Labute approximate surface area is 104 Å². The van der Waals surface area contributed by atoms with E-state index in [0.717, 1.165) is 6.07 Å². The van der Waals surface area contributed by atoms with E-state index in [2.05, 4.69) is 16.4 Å². The first-order chi connectivity index (χ1) is 7.59. The predicted molar refractivity (Wildman–Crippen MR) is 64.5 cm³/mol. The zero-order chi connectivity index (χ0) is 13.3. The number of hydrogen-bond acceptors (Lipinski definition) is 1. The molecule has 0 aromatic carbocycles. The third-order valence-electron chi connectivity index (χ3n) is 1.73. The fourth-order valence-electron chi connectivity index (χ4n) is 0.975. The van der Waals surface area contributed by atoms with Crippen LogP contribution in [0.1, 0.15) is 11.1 Å². The molecule has 0 N–H and O–H groups in total. The molecule has 1 rings (SSSR count). The Kier molecular flexibility index (Phi) is 3.90. The molecule has 0 aliphatic carbocycles. The summed E-state index contributed by atoms with van der Waals surface area (Å²) in [5.74, 6) is 2.71. The van der Waals surface area contributed by atoms with Crippen LogP contribution in [0.25, 0.3) is 0 Å². The molecule has 1 nitrogen and oxygen atoms in total. The molecule has 92 valence electrons. The van der Waals surface area contributed by atoms with E-state index in [1.54, 1.807) is 0 Å². The Balaban J connectivity index is 3.17. The molecule has 0 fully saturated rings. The van der Waals surface area contributed by atoms with Gasteiger partial charge in [-0.15, -0.1) is 5.54 Å². The fraction of sp³-hybridized carbons (Fsp3) is 0.364. The van der Waals surface area contributed by atoms with E-state index in [0.29, 0.717) is 0 Å². The van der Waals surface area contributed by atoms with E-state index in [9.17, 15) is 13.2 Å². The first kappa shape index (κ1) is 14.1. The van der Waals surface area contributed by atoms with E-state index in [-0.39, 0.29) is 5.56 Å². The van der Waals surface area contributed by atoms with E-state index >= 15 is 0 Å². The molecular formula is C11H11ClF3NSi. The summed E-state index contributed by atoms with van der Waals surface area (Å²) in [4.78, 5) is 3.50. The van der Waals surface area contributed by atoms with Crippen LogP contribution in [0.15, 0.2) is 12.3 Å². The van der Waals surface area contributed by atoms with Crippen LogP contribution in [0.3, 0.4) is 0 Å². The number of halogens is 4. The Morgan fingerprint density at radius 1 is 1.29 bits per heavy atom. The maximum absolute atomic E-state index is 12.5. The van der Waals surface area contributed by atoms with Crippen LogP contribution in [-0.4, -0.2) is 13.1 Å². The number of rotatable bonds is 0. The van der Waals surface area contributed by atoms with Gasteiger partial charge in [0.2, 0.25) is 0 Å². The first-order valence-electron chi connectivity index (χ1n) is 4.85. The summed E-state index contributed by atoms with van der Waals surface area (Å²) in [6.07, 6.45) is -3.24. The summed E-state index contributed by atoms with van der Waals surface area (Å²) in [7, 11) is -1.62. The molecule has 6 heteroatoms. The van der Waals surface area contributed by atoms with Crippen molar-refractivity contribution in [1.29, 1.82) is 0 Å². The molecule has 0 radical (unpaired) electrons. The lowest BCUT2D eigenvalue weighted by molar-refractivity contribution is -0.137. The van der Waals surface area contributed by atoms with Crippen molar-refractivity contribution in [2.45, 2.75) is 25.8 Å². The van der Waals surface area contributed by atoms with Gasteiger partial charge in [0, 0.05) is 11.8 Å². The topological polar surface area (TPSA) is 12.9 Å². The summed E-state index contributed by atoms with van der Waals surface area (Å²) in [5, 5.41) is -0.545. The molecular weight excluding hydrogens is 267 g/mol. The van der Waals surface area contributed by atoms with Crippen LogP contribution < -0.4 is 0 Å². The third kappa shape index (κ3) is 4.41. The zero-order valence-electron chi connectivity index (χ0n) is 9.61. The van der Waals surface area contributed by atoms with Gasteiger partial charge in [0.1, 0.15) is 13.2 Å². The molecule has 0 spiro atoms. The van der Waals surface area contributed by atoms with Gasteiger partial charge in [-0.2, -0.15) is 13.2 Å². The highest BCUT2D eigenvalue weighted by Crippen LogP contribution is 2.33. The Hall–Kier alpha value is -0.993. The van der Waals surface area contributed by atoms with Crippen LogP contribution in [0.4, 0.5) is 13.2 Å². The minimum Gasteiger partial charge on any atom is -0.243 e. The van der Waals surface area contributed by atoms with Crippen molar-refractivity contribution in [3.8, 4) is 11.5 Å². The Morgan fingerprint density at radius 2 is 1.88 bits per heavy atom. The lowest BCUT2D eigenvalue weighted by atomic mass is 10.2. The lowest BCUT2D eigenvalue weighted by Gasteiger charge is -2.08. The van der Waals surface area contributed by atoms with Crippen LogP contribution in [0, 0.1) is 11.5 Å². The molecule has 0 saturated carbocycles. The maximum Gasteiger partial charge on any atom is 0.419 e. The molecule has 0 aliphatic rings. The molecule has 0 amide bonds. The Bertz CT molecular complexity index is 480. The average molecular weight is 278 g/mol. The summed E-state index contributed by atoms with van der Waals surface area (Å²) in [5.41, 5.74) is 2.27. The second kappa shape index (κ2) is 4.71. The fourth-order valence-corrected chi connectivity index (χ4v) is 1.70. The SMILES string of the molecule is C[Si](C)(C)C#Cc1cnc(Cl)c(C(F)(F)F)c1. The smallest absolute Gasteiger partial charge is 0.243 e. The van der Waals surface area contributed by atoms with Gasteiger partial charge >= 0.3 is 6.18 Å². The molecule has 0 atom stereocenters. The van der Waals surface area contributed by atoms with Gasteiger partial charge in [0.25, 0.3) is 0 Å². The third-order valence-corrected chi connectivity index (χ3v) is 2.90. The quantitative estimate of drug-likeness (QED) is 0.397. The monoisotopic (exact) mass is 277 g/mol. The van der Waals surface area contributed by atoms with Crippen LogP contribution >= 0.6 is 11.6 Å². The van der Waals surface area contributed by atoms with Crippen molar-refractivity contribution in [3.63, 3.8) is 0 Å². The van der Waals surface area contributed by atoms with Crippen LogP contribution in [0.2, 0.25) is 24.8 Å². The van der Waals surface area contributed by atoms with E-state index in [4.69, 9.17) is 11.6 Å². The number of hydrogen-bond donors (Lipinski definition) is 0. The van der Waals surface area contributed by atoms with Crippen LogP contribution in [-0.2, 0) is 6.18 Å². The van der Waals surface area contributed by atoms with Crippen molar-refractivity contribution in [3.05, 3.63) is 28.5 Å². The summed E-state index contributed by atoms with van der Waals surface area (Å²) < 4.78 is 37.6. The van der Waals surface area contributed by atoms with E-state index < -0.39 is 25.0 Å². The van der Waals surface area contributed by atoms with Gasteiger partial charge in [0.15, 0.2) is 0 Å². The number of aromatic nitrogens is 1. The summed E-state index contributed by atoms with van der Waals surface area (Å²) in [6.45, 7) is 6.02. The molecule has 1 heterocycles. The van der Waals surface area contributed by atoms with Crippen molar-refractivity contribution in [2.75, 3.05) is 0 Å². The summed E-state index contributed by atoms with van der Waals surface area (Å²) in [6, 6.07) is 0.933. The van der Waals surface area contributed by atoms with Gasteiger partial charge in [-0.3, -0.25) is 0 Å². The highest BCUT2D eigenvalue weighted by molar-refractivity contribution is 6.83. The van der Waals surface area contributed by atoms with Crippen molar-refractivity contribution in [2.24, 2.45) is 0 Å². The first-order valence-corrected chi connectivity index (χ1v) is 8.73. The Morgan fingerprint density at radius 3 is 2.35 bits per heavy atom. The van der Waals surface area contributed by atoms with Gasteiger partial charge in [-0.1, -0.05) is 37.2 Å². The second-order valence-electron chi connectivity index (χ2n) is 4.56. The second-order valence-corrected chi connectivity index (χ2v) is 9.67. The van der Waals surface area contributed by atoms with Gasteiger partial charge < -0.3 is 0 Å². The molecule has 1 aromatic heterocycles. The lowest BCUT2D eigenvalue weighted by Crippen LogP contribution is -2.16. The normalized spacial score (nSPS) is 11.9. The zero-order valence-corrected chi connectivity index (χ0v) is 11.4. The molecule has 17 heavy (non-hydrogen) atoms. The molecule has 0 unspecified atom stereocenters. The van der Waals surface area contributed by atoms with Gasteiger partial charge in [0.05, 0.1) is 5.56 Å². The van der Waals surface area contributed by atoms with Crippen molar-refractivity contribution in [1.82, 2.24) is 4.98 Å². The molecule has 0 aliphatic heterocycles. The predicted octanol–water partition coefficient (Wildman–Crippen LogP) is 3.98. The standard InChI is InChI=1S/C11H11ClF3NSi/c1-17(2,3)5-4-8-6-9(11(13,14)15)10(12)16-7-8/h6-7H,1-3H3. The van der Waals surface area contributed by atoms with Crippen LogP contribution in [0.5, 0.6) is 0 Å². The van der Waals surface area contributed by atoms with Gasteiger partial charge in [-0.25, -0.2) is 4.98 Å². The summed E-state index contributed by atoms with van der Waals surface area (Å²) >= 11 is 5.40. The average Bonchev–Trinajstić information content (AvgIpc) is 2.13. The van der Waals surface area contributed by atoms with E-state index in [1.165, 1.54) is 6.20 Å². The van der Waals surface area contributed by atoms with Gasteiger partial charge in [-0.05, 0) is 6.07 Å². The number of nitrogens with zero attached hydrogens (tertiary/aromatic N) is 1. The number of alkyl halides is 3. The molecule has 0 bridgehead atoms. The highest BCUT2D eigenvalue weighted by Gasteiger charge is 2.34.